The topological polar surface area (TPSA) is 38.1 Å². The van der Waals surface area contributed by atoms with Crippen molar-refractivity contribution < 1.29 is 27.1 Å². The molecule has 8 heteroatoms. The number of rotatable bonds is 3. The molecular formula is C15H13F5N2O. The summed E-state index contributed by atoms with van der Waals surface area (Å²) in [6.45, 7) is -0.107. The van der Waals surface area contributed by atoms with Gasteiger partial charge in [-0.3, -0.25) is 4.68 Å². The van der Waals surface area contributed by atoms with Gasteiger partial charge < -0.3 is 5.11 Å². The molecule has 1 aromatic carbocycles. The number of benzene rings is 1. The lowest BCUT2D eigenvalue weighted by atomic mass is 10.1. The average molecular weight is 332 g/mol. The van der Waals surface area contributed by atoms with Crippen molar-refractivity contribution >= 4 is 0 Å². The first kappa shape index (κ1) is 15.9. The molecule has 0 aliphatic heterocycles. The zero-order valence-electron chi connectivity index (χ0n) is 11.8. The van der Waals surface area contributed by atoms with Crippen LogP contribution in [0.2, 0.25) is 0 Å². The number of aliphatic hydroxyl groups excluding tert-OH is 1. The Morgan fingerprint density at radius 3 is 2.48 bits per heavy atom. The predicted molar refractivity (Wildman–Crippen MR) is 71.0 cm³/mol. The second-order valence-corrected chi connectivity index (χ2v) is 5.51. The molecule has 3 nitrogen and oxygen atoms in total. The fourth-order valence-corrected chi connectivity index (χ4v) is 2.81. The van der Waals surface area contributed by atoms with Gasteiger partial charge in [-0.05, 0) is 12.0 Å². The highest BCUT2D eigenvalue weighted by Crippen LogP contribution is 2.48. The molecule has 23 heavy (non-hydrogen) atoms. The van der Waals surface area contributed by atoms with Crippen molar-refractivity contribution in [1.29, 1.82) is 0 Å². The maximum Gasteiger partial charge on any atom is 0.433 e. The first-order valence-electron chi connectivity index (χ1n) is 6.97. The Morgan fingerprint density at radius 2 is 1.87 bits per heavy atom. The summed E-state index contributed by atoms with van der Waals surface area (Å²) in [6.07, 6.45) is -8.04. The fraction of sp³-hybridized carbons (Fsp3) is 0.400. The lowest BCUT2D eigenvalue weighted by molar-refractivity contribution is -0.149. The molecule has 1 atom stereocenters. The van der Waals surface area contributed by atoms with E-state index in [0.717, 1.165) is 5.56 Å². The van der Waals surface area contributed by atoms with Crippen molar-refractivity contribution in [1.82, 2.24) is 9.78 Å². The lowest BCUT2D eigenvalue weighted by Gasteiger charge is -2.18. The van der Waals surface area contributed by atoms with Gasteiger partial charge in [-0.1, -0.05) is 30.3 Å². The van der Waals surface area contributed by atoms with E-state index in [9.17, 15) is 27.1 Å². The molecule has 0 saturated carbocycles. The van der Waals surface area contributed by atoms with Crippen molar-refractivity contribution in [2.24, 2.45) is 0 Å². The molecule has 1 aliphatic rings. The second kappa shape index (κ2) is 5.30. The summed E-state index contributed by atoms with van der Waals surface area (Å²) in [6, 6.07) is 8.81. The number of alkyl halides is 5. The molecule has 0 bridgehead atoms. The van der Waals surface area contributed by atoms with Gasteiger partial charge in [0.2, 0.25) is 0 Å². The Bertz CT molecular complexity index is 709. The average Bonchev–Trinajstić information content (AvgIpc) is 2.92. The largest absolute Gasteiger partial charge is 0.433 e. The summed E-state index contributed by atoms with van der Waals surface area (Å²) < 4.78 is 67.4. The smallest absolute Gasteiger partial charge is 0.382 e. The normalized spacial score (nSPS) is 19.8. The van der Waals surface area contributed by atoms with Crippen LogP contribution >= 0.6 is 0 Å². The first-order chi connectivity index (χ1) is 10.7. The molecule has 0 fully saturated rings. The van der Waals surface area contributed by atoms with Gasteiger partial charge in [0.05, 0.1) is 12.1 Å². The van der Waals surface area contributed by atoms with Gasteiger partial charge in [-0.25, -0.2) is 8.78 Å². The van der Waals surface area contributed by atoms with E-state index in [2.05, 4.69) is 5.10 Å². The van der Waals surface area contributed by atoms with Gasteiger partial charge >= 0.3 is 6.18 Å². The van der Waals surface area contributed by atoms with E-state index in [4.69, 9.17) is 0 Å². The fourth-order valence-electron chi connectivity index (χ4n) is 2.81. The molecule has 0 saturated heterocycles. The number of nitrogens with zero attached hydrogens (tertiary/aromatic N) is 2. The minimum absolute atomic E-state index is 0.107. The monoisotopic (exact) mass is 332 g/mol. The molecule has 1 aliphatic carbocycles. The minimum Gasteiger partial charge on any atom is -0.382 e. The highest BCUT2D eigenvalue weighted by Gasteiger charge is 2.54. The van der Waals surface area contributed by atoms with E-state index < -0.39 is 35.9 Å². The van der Waals surface area contributed by atoms with Crippen LogP contribution in [-0.2, 0) is 25.6 Å². The molecule has 0 spiro atoms. The number of aromatic nitrogens is 2. The molecule has 0 unspecified atom stereocenters. The van der Waals surface area contributed by atoms with Crippen LogP contribution in [0.1, 0.15) is 28.6 Å². The number of hydrogen-bond acceptors (Lipinski definition) is 2. The lowest BCUT2D eigenvalue weighted by Crippen LogP contribution is -2.26. The van der Waals surface area contributed by atoms with Gasteiger partial charge in [-0.2, -0.15) is 18.3 Å². The van der Waals surface area contributed by atoms with Gasteiger partial charge in [0.1, 0.15) is 11.8 Å². The summed E-state index contributed by atoms with van der Waals surface area (Å²) in [5, 5.41) is 13.2. The predicted octanol–water partition coefficient (Wildman–Crippen LogP) is 3.37. The SMILES string of the molecule is O[C@H]1c2c(nn(CCc3ccccc3)c2C(F)(F)F)CC1(F)F. The maximum absolute atomic E-state index is 13.4. The van der Waals surface area contributed by atoms with Crippen molar-refractivity contribution in [3.8, 4) is 0 Å². The number of aryl methyl sites for hydroxylation is 2. The zero-order valence-corrected chi connectivity index (χ0v) is 11.8. The van der Waals surface area contributed by atoms with Crippen LogP contribution in [0, 0.1) is 0 Å². The van der Waals surface area contributed by atoms with E-state index in [1.165, 1.54) is 0 Å². The molecule has 0 amide bonds. The van der Waals surface area contributed by atoms with Gasteiger partial charge in [0, 0.05) is 12.1 Å². The minimum atomic E-state index is -4.86. The van der Waals surface area contributed by atoms with Crippen molar-refractivity contribution in [3.63, 3.8) is 0 Å². The summed E-state index contributed by atoms with van der Waals surface area (Å²) in [5.74, 6) is -3.61. The first-order valence-corrected chi connectivity index (χ1v) is 6.97. The van der Waals surface area contributed by atoms with Crippen LogP contribution in [-0.4, -0.2) is 20.8 Å². The van der Waals surface area contributed by atoms with Crippen LogP contribution in [0.5, 0.6) is 0 Å². The molecule has 0 radical (unpaired) electrons. The zero-order chi connectivity index (χ0) is 16.8. The summed E-state index contributed by atoms with van der Waals surface area (Å²) >= 11 is 0. The Morgan fingerprint density at radius 1 is 1.22 bits per heavy atom. The van der Waals surface area contributed by atoms with Crippen molar-refractivity contribution in [2.45, 2.75) is 37.6 Å². The van der Waals surface area contributed by atoms with E-state index >= 15 is 0 Å². The number of halogens is 5. The van der Waals surface area contributed by atoms with Crippen LogP contribution in [0.3, 0.4) is 0 Å². The quantitative estimate of drug-likeness (QED) is 0.875. The highest BCUT2D eigenvalue weighted by atomic mass is 19.4. The summed E-state index contributed by atoms with van der Waals surface area (Å²) in [5.41, 5.74) is -1.66. The standard InChI is InChI=1S/C15H13F5N2O/c16-14(17)8-10-11(13(14)23)12(15(18,19)20)22(21-10)7-6-9-4-2-1-3-5-9/h1-5,13,23H,6-8H2/t13-/m0/s1. The third kappa shape index (κ3) is 2.83. The van der Waals surface area contributed by atoms with Crippen LogP contribution < -0.4 is 0 Å². The third-order valence-corrected chi connectivity index (χ3v) is 3.87. The molecule has 1 N–H and O–H groups in total. The number of aliphatic hydroxyl groups is 1. The summed E-state index contributed by atoms with van der Waals surface area (Å²) in [4.78, 5) is 0. The Balaban J connectivity index is 1.95. The van der Waals surface area contributed by atoms with Crippen LogP contribution in [0.4, 0.5) is 22.0 Å². The Labute approximate surface area is 128 Å². The summed E-state index contributed by atoms with van der Waals surface area (Å²) in [7, 11) is 0. The molecule has 124 valence electrons. The number of hydrogen-bond donors (Lipinski definition) is 1. The van der Waals surface area contributed by atoms with E-state index in [-0.39, 0.29) is 18.7 Å². The molecular weight excluding hydrogens is 319 g/mol. The Kier molecular flexibility index (Phi) is 3.66. The maximum atomic E-state index is 13.4. The van der Waals surface area contributed by atoms with Crippen molar-refractivity contribution in [3.05, 3.63) is 52.8 Å². The van der Waals surface area contributed by atoms with Gasteiger partial charge in [0.15, 0.2) is 0 Å². The molecule has 1 heterocycles. The third-order valence-electron chi connectivity index (χ3n) is 3.87. The molecule has 1 aromatic heterocycles. The van der Waals surface area contributed by atoms with E-state index in [0.29, 0.717) is 4.68 Å². The highest BCUT2D eigenvalue weighted by molar-refractivity contribution is 5.38. The second-order valence-electron chi connectivity index (χ2n) is 5.51. The molecule has 3 rings (SSSR count). The van der Waals surface area contributed by atoms with Gasteiger partial charge in [0.25, 0.3) is 5.92 Å². The van der Waals surface area contributed by atoms with E-state index in [1.54, 1.807) is 30.3 Å². The van der Waals surface area contributed by atoms with Gasteiger partial charge in [-0.15, -0.1) is 0 Å². The van der Waals surface area contributed by atoms with Crippen molar-refractivity contribution in [2.75, 3.05) is 0 Å². The number of fused-ring (bicyclic) bond motifs is 1. The van der Waals surface area contributed by atoms with E-state index in [1.807, 2.05) is 0 Å². The van der Waals surface area contributed by atoms with Crippen LogP contribution in [0.15, 0.2) is 30.3 Å². The Hall–Kier alpha value is -1.96. The molecule has 2 aromatic rings. The van der Waals surface area contributed by atoms with Crippen LogP contribution in [0.25, 0.3) is 0 Å².